The molecule has 1 atom stereocenters. The first-order valence-corrected chi connectivity index (χ1v) is 5.75. The first-order valence-electron chi connectivity index (χ1n) is 5.75. The molecular weight excluding hydrogens is 224 g/mol. The van der Waals surface area contributed by atoms with Crippen LogP contribution in [0.15, 0.2) is 12.8 Å². The van der Waals surface area contributed by atoms with E-state index >= 15 is 0 Å². The molecule has 0 radical (unpaired) electrons. The highest BCUT2D eigenvalue weighted by molar-refractivity contribution is 5.81. The number of hydrogen-bond acceptors (Lipinski definition) is 1. The van der Waals surface area contributed by atoms with Gasteiger partial charge in [-0.1, -0.05) is 6.58 Å². The lowest BCUT2D eigenvalue weighted by Crippen LogP contribution is -3.00. The summed E-state index contributed by atoms with van der Waals surface area (Å²) >= 11 is 0. The predicted octanol–water partition coefficient (Wildman–Crippen LogP) is -1.53. The highest BCUT2D eigenvalue weighted by Gasteiger charge is 2.31. The van der Waals surface area contributed by atoms with Crippen LogP contribution in [0, 0.1) is 5.92 Å². The van der Waals surface area contributed by atoms with Crippen LogP contribution in [-0.4, -0.2) is 49.0 Å². The average molecular weight is 247 g/mol. The summed E-state index contributed by atoms with van der Waals surface area (Å²) < 4.78 is 0.998. The van der Waals surface area contributed by atoms with Gasteiger partial charge in [-0.05, 0) is 19.5 Å². The first-order chi connectivity index (χ1) is 7.00. The van der Waals surface area contributed by atoms with Crippen molar-refractivity contribution in [3.05, 3.63) is 12.8 Å². The van der Waals surface area contributed by atoms with Crippen molar-refractivity contribution >= 4 is 5.91 Å². The number of rotatable bonds is 5. The molecule has 1 saturated heterocycles. The smallest absolute Gasteiger partial charge is 0.229 e. The van der Waals surface area contributed by atoms with E-state index in [-0.39, 0.29) is 24.2 Å². The minimum atomic E-state index is 0. The standard InChI is InChI=1S/C12H23N2O.ClH/c1-5-13-9-7-11(12(13)15)8-10-14(3,4)6-2;/h5,11H,1,6-10H2,2-4H3;1H/q+1;/p-1. The van der Waals surface area contributed by atoms with Crippen molar-refractivity contribution in [3.8, 4) is 0 Å². The molecule has 1 aliphatic heterocycles. The second-order valence-corrected chi connectivity index (χ2v) is 4.96. The van der Waals surface area contributed by atoms with Crippen molar-refractivity contribution in [1.29, 1.82) is 0 Å². The predicted molar refractivity (Wildman–Crippen MR) is 62.2 cm³/mol. The highest BCUT2D eigenvalue weighted by Crippen LogP contribution is 2.22. The quantitative estimate of drug-likeness (QED) is 0.539. The summed E-state index contributed by atoms with van der Waals surface area (Å²) in [5, 5.41) is 0. The van der Waals surface area contributed by atoms with Gasteiger partial charge in [-0.2, -0.15) is 0 Å². The van der Waals surface area contributed by atoms with Crippen LogP contribution in [0.2, 0.25) is 0 Å². The van der Waals surface area contributed by atoms with Crippen LogP contribution in [0.4, 0.5) is 0 Å². The van der Waals surface area contributed by atoms with Gasteiger partial charge in [0.15, 0.2) is 0 Å². The Balaban J connectivity index is 0.00000225. The van der Waals surface area contributed by atoms with Gasteiger partial charge in [0.25, 0.3) is 0 Å². The molecule has 1 rings (SSSR count). The molecule has 0 bridgehead atoms. The number of carbonyl (C=O) groups is 1. The fraction of sp³-hybridized carbons (Fsp3) is 0.750. The maximum absolute atomic E-state index is 11.8. The second-order valence-electron chi connectivity index (χ2n) is 4.96. The van der Waals surface area contributed by atoms with E-state index in [9.17, 15) is 4.79 Å². The topological polar surface area (TPSA) is 20.3 Å². The van der Waals surface area contributed by atoms with E-state index < -0.39 is 0 Å². The molecule has 1 amide bonds. The Morgan fingerprint density at radius 2 is 2.19 bits per heavy atom. The van der Waals surface area contributed by atoms with E-state index in [0.717, 1.165) is 37.0 Å². The van der Waals surface area contributed by atoms with E-state index in [2.05, 4.69) is 27.6 Å². The Bertz CT molecular complexity index is 253. The third-order valence-corrected chi connectivity index (χ3v) is 3.51. The van der Waals surface area contributed by atoms with Gasteiger partial charge in [0.2, 0.25) is 5.91 Å². The van der Waals surface area contributed by atoms with Crippen LogP contribution in [0.3, 0.4) is 0 Å². The summed E-state index contributed by atoms with van der Waals surface area (Å²) in [6.07, 6.45) is 3.65. The van der Waals surface area contributed by atoms with E-state index in [4.69, 9.17) is 0 Å². The van der Waals surface area contributed by atoms with Gasteiger partial charge in [0.1, 0.15) is 0 Å². The maximum atomic E-state index is 11.8. The fourth-order valence-corrected chi connectivity index (χ4v) is 1.88. The molecule has 0 aromatic rings. The number of hydrogen-bond donors (Lipinski definition) is 0. The molecule has 0 N–H and O–H groups in total. The zero-order chi connectivity index (χ0) is 11.5. The molecule has 0 aromatic heterocycles. The maximum Gasteiger partial charge on any atom is 0.229 e. The number of halogens is 1. The van der Waals surface area contributed by atoms with Crippen molar-refractivity contribution in [3.63, 3.8) is 0 Å². The summed E-state index contributed by atoms with van der Waals surface area (Å²) in [5.74, 6) is 0.494. The molecule has 4 heteroatoms. The molecule has 0 spiro atoms. The number of amides is 1. The molecule has 1 heterocycles. The number of carbonyl (C=O) groups excluding carboxylic acids is 1. The lowest BCUT2D eigenvalue weighted by atomic mass is 10.0. The Kier molecular flexibility index (Phi) is 6.05. The molecule has 0 aromatic carbocycles. The van der Waals surface area contributed by atoms with Crippen LogP contribution in [0.1, 0.15) is 19.8 Å². The van der Waals surface area contributed by atoms with Crippen molar-refractivity contribution in [1.82, 2.24) is 4.90 Å². The van der Waals surface area contributed by atoms with Crippen LogP contribution >= 0.6 is 0 Å². The van der Waals surface area contributed by atoms with E-state index in [1.54, 1.807) is 11.1 Å². The molecule has 1 unspecified atom stereocenters. The molecule has 3 nitrogen and oxygen atoms in total. The Labute approximate surface area is 105 Å². The van der Waals surface area contributed by atoms with Gasteiger partial charge in [-0.15, -0.1) is 0 Å². The third-order valence-electron chi connectivity index (χ3n) is 3.51. The molecule has 0 aliphatic carbocycles. The molecule has 0 saturated carbocycles. The van der Waals surface area contributed by atoms with Crippen LogP contribution < -0.4 is 12.4 Å². The monoisotopic (exact) mass is 246 g/mol. The van der Waals surface area contributed by atoms with Gasteiger partial charge in [-0.25, -0.2) is 0 Å². The number of nitrogens with zero attached hydrogens (tertiary/aromatic N) is 2. The summed E-state index contributed by atoms with van der Waals surface area (Å²) in [6, 6.07) is 0. The fourth-order valence-electron chi connectivity index (χ4n) is 1.88. The van der Waals surface area contributed by atoms with Crippen molar-refractivity contribution < 1.29 is 21.7 Å². The molecule has 94 valence electrons. The molecule has 16 heavy (non-hydrogen) atoms. The number of likely N-dealkylation sites (tertiary alicyclic amines) is 1. The first kappa shape index (κ1) is 15.5. The minimum Gasteiger partial charge on any atom is -1.00 e. The van der Waals surface area contributed by atoms with Gasteiger partial charge in [0, 0.05) is 18.9 Å². The summed E-state index contributed by atoms with van der Waals surface area (Å²) in [6.45, 7) is 8.89. The van der Waals surface area contributed by atoms with E-state index in [1.165, 1.54) is 0 Å². The van der Waals surface area contributed by atoms with E-state index in [1.807, 2.05) is 0 Å². The van der Waals surface area contributed by atoms with Crippen LogP contribution in [0.25, 0.3) is 0 Å². The molecule has 1 fully saturated rings. The zero-order valence-electron chi connectivity index (χ0n) is 10.6. The number of quaternary nitrogens is 1. The van der Waals surface area contributed by atoms with Crippen LogP contribution in [0.5, 0.6) is 0 Å². The summed E-state index contributed by atoms with van der Waals surface area (Å²) in [7, 11) is 4.43. The minimum absolute atomic E-state index is 0. The lowest BCUT2D eigenvalue weighted by molar-refractivity contribution is -0.888. The molecular formula is C12H23ClN2O. The Morgan fingerprint density at radius 1 is 1.56 bits per heavy atom. The van der Waals surface area contributed by atoms with Crippen molar-refractivity contribution in [2.45, 2.75) is 19.8 Å². The average Bonchev–Trinajstić information content (AvgIpc) is 2.57. The SMILES string of the molecule is C=CN1CCC(CC[N+](C)(C)CC)C1=O.[Cl-]. The Hall–Kier alpha value is -0.540. The van der Waals surface area contributed by atoms with Crippen LogP contribution in [-0.2, 0) is 4.79 Å². The largest absolute Gasteiger partial charge is 1.00 e. The van der Waals surface area contributed by atoms with Gasteiger partial charge in [-0.3, -0.25) is 4.79 Å². The van der Waals surface area contributed by atoms with Crippen molar-refractivity contribution in [2.24, 2.45) is 5.92 Å². The lowest BCUT2D eigenvalue weighted by Gasteiger charge is -2.29. The normalized spacial score (nSPS) is 20.8. The zero-order valence-corrected chi connectivity index (χ0v) is 11.3. The van der Waals surface area contributed by atoms with Crippen molar-refractivity contribution in [2.75, 3.05) is 33.7 Å². The Morgan fingerprint density at radius 3 is 2.62 bits per heavy atom. The second kappa shape index (κ2) is 6.26. The van der Waals surface area contributed by atoms with Gasteiger partial charge >= 0.3 is 0 Å². The van der Waals surface area contributed by atoms with Gasteiger partial charge < -0.3 is 21.8 Å². The van der Waals surface area contributed by atoms with Gasteiger partial charge in [0.05, 0.1) is 27.2 Å². The summed E-state index contributed by atoms with van der Waals surface area (Å²) in [4.78, 5) is 13.5. The van der Waals surface area contributed by atoms with E-state index in [0.29, 0.717) is 0 Å². The highest BCUT2D eigenvalue weighted by atomic mass is 35.5. The third kappa shape index (κ3) is 3.80. The molecule has 1 aliphatic rings. The summed E-state index contributed by atoms with van der Waals surface area (Å²) in [5.41, 5.74) is 0.